The van der Waals surface area contributed by atoms with Gasteiger partial charge in [-0.25, -0.2) is 0 Å². The first-order valence-corrected chi connectivity index (χ1v) is 6.11. The zero-order valence-corrected chi connectivity index (χ0v) is 8.55. The van der Waals surface area contributed by atoms with Crippen LogP contribution < -0.4 is 0 Å². The number of aryl methyl sites for hydroxylation is 2. The molecule has 0 fully saturated rings. The van der Waals surface area contributed by atoms with Gasteiger partial charge in [0.25, 0.3) is 10.1 Å². The minimum atomic E-state index is -4.04. The summed E-state index contributed by atoms with van der Waals surface area (Å²) >= 11 is 0. The molecule has 1 aliphatic rings. The fourth-order valence-electron chi connectivity index (χ4n) is 1.87. The van der Waals surface area contributed by atoms with Crippen molar-refractivity contribution in [3.05, 3.63) is 29.3 Å². The van der Waals surface area contributed by atoms with Crippen LogP contribution in [0.15, 0.2) is 23.1 Å². The number of hydrogen-bond acceptors (Lipinski definition) is 2. The van der Waals surface area contributed by atoms with E-state index in [0.717, 1.165) is 31.2 Å². The average molecular weight is 236 g/mol. The van der Waals surface area contributed by atoms with E-state index in [1.807, 2.05) is 0 Å². The van der Waals surface area contributed by atoms with E-state index in [0.29, 0.717) is 0 Å². The summed E-state index contributed by atoms with van der Waals surface area (Å²) in [6.45, 7) is 0. The van der Waals surface area contributed by atoms with Crippen LogP contribution in [0.4, 0.5) is 0 Å². The third-order valence-corrected chi connectivity index (χ3v) is 3.47. The first kappa shape index (κ1) is 13.2. The minimum absolute atomic E-state index is 0. The van der Waals surface area contributed by atoms with E-state index >= 15 is 0 Å². The van der Waals surface area contributed by atoms with E-state index < -0.39 is 10.1 Å². The molecule has 0 radical (unpaired) electrons. The van der Waals surface area contributed by atoms with Gasteiger partial charge in [-0.15, -0.1) is 0 Å². The Morgan fingerprint density at radius 2 is 1.67 bits per heavy atom. The molecule has 5 heteroatoms. The summed E-state index contributed by atoms with van der Waals surface area (Å²) in [6.07, 6.45) is 4.19. The van der Waals surface area contributed by atoms with E-state index in [2.05, 4.69) is 0 Å². The summed E-state index contributed by atoms with van der Waals surface area (Å²) in [5, 5.41) is 0. The van der Waals surface area contributed by atoms with Crippen molar-refractivity contribution in [3.63, 3.8) is 0 Å². The van der Waals surface area contributed by atoms with Crippen LogP contribution in [0, 0.1) is 0 Å². The first-order chi connectivity index (χ1) is 6.57. The zero-order valence-electron chi connectivity index (χ0n) is 7.73. The van der Waals surface area contributed by atoms with Crippen LogP contribution in [0.5, 0.6) is 0 Å². The third-order valence-electron chi connectivity index (χ3n) is 2.62. The van der Waals surface area contributed by atoms with Crippen LogP contribution in [0.25, 0.3) is 0 Å². The molecule has 0 unspecified atom stereocenters. The summed E-state index contributed by atoms with van der Waals surface area (Å²) in [5.74, 6) is 0. The molecule has 0 spiro atoms. The fraction of sp³-hybridized carbons (Fsp3) is 0.400. The van der Waals surface area contributed by atoms with E-state index in [4.69, 9.17) is 4.55 Å². The van der Waals surface area contributed by atoms with Crippen LogP contribution >= 0.6 is 0 Å². The molecule has 0 bridgehead atoms. The molecule has 0 saturated carbocycles. The molecule has 1 aliphatic carbocycles. The summed E-state index contributed by atoms with van der Waals surface area (Å²) in [6, 6.07) is 4.86. The average Bonchev–Trinajstić information content (AvgIpc) is 2.16. The number of benzene rings is 1. The number of rotatable bonds is 1. The maximum atomic E-state index is 10.9. The molecule has 0 aromatic heterocycles. The maximum absolute atomic E-state index is 10.9. The van der Waals surface area contributed by atoms with E-state index in [-0.39, 0.29) is 34.5 Å². The number of fused-ring (bicyclic) bond motifs is 1. The standard InChI is InChI=1S/C10H12O3S.Na.H/c11-14(12,13)10-6-5-8-3-1-2-4-9(8)7-10;;/h5-7H,1-4H2,(H,11,12,13);;. The normalized spacial score (nSPS) is 15.3. The fourth-order valence-corrected chi connectivity index (χ4v) is 2.40. The molecule has 15 heavy (non-hydrogen) atoms. The van der Waals surface area contributed by atoms with Gasteiger partial charge >= 0.3 is 29.6 Å². The molecular weight excluding hydrogens is 223 g/mol. The quantitative estimate of drug-likeness (QED) is 0.588. The van der Waals surface area contributed by atoms with Crippen molar-refractivity contribution in [3.8, 4) is 0 Å². The predicted molar refractivity (Wildman–Crippen MR) is 60.0 cm³/mol. The second-order valence-electron chi connectivity index (χ2n) is 3.61. The van der Waals surface area contributed by atoms with Crippen LogP contribution in [0.3, 0.4) is 0 Å². The number of hydrogen-bond donors (Lipinski definition) is 1. The molecule has 1 aromatic carbocycles. The Labute approximate surface area is 112 Å². The Hall–Kier alpha value is 0.130. The van der Waals surface area contributed by atoms with Crippen LogP contribution in [-0.4, -0.2) is 42.5 Å². The van der Waals surface area contributed by atoms with Gasteiger partial charge in [-0.2, -0.15) is 8.42 Å². The molecule has 2 rings (SSSR count). The van der Waals surface area contributed by atoms with Gasteiger partial charge in [0.05, 0.1) is 4.90 Å². The summed E-state index contributed by atoms with van der Waals surface area (Å²) < 4.78 is 30.6. The first-order valence-electron chi connectivity index (χ1n) is 4.67. The molecule has 1 aromatic rings. The molecule has 1 N–H and O–H groups in total. The Morgan fingerprint density at radius 3 is 2.27 bits per heavy atom. The molecule has 3 nitrogen and oxygen atoms in total. The molecule has 0 amide bonds. The van der Waals surface area contributed by atoms with Gasteiger partial charge in [-0.3, -0.25) is 4.55 Å². The Kier molecular flexibility index (Phi) is 4.38. The van der Waals surface area contributed by atoms with Crippen molar-refractivity contribution in [1.82, 2.24) is 0 Å². The Bertz CT molecular complexity index is 454. The second kappa shape index (κ2) is 4.97. The van der Waals surface area contributed by atoms with Crippen molar-refractivity contribution in [2.75, 3.05) is 0 Å². The predicted octanol–water partition coefficient (Wildman–Crippen LogP) is 1.16. The molecule has 0 saturated heterocycles. The van der Waals surface area contributed by atoms with Crippen molar-refractivity contribution in [1.29, 1.82) is 0 Å². The summed E-state index contributed by atoms with van der Waals surface area (Å²) in [5.41, 5.74) is 2.27. The van der Waals surface area contributed by atoms with Crippen LogP contribution in [0.1, 0.15) is 24.0 Å². The summed E-state index contributed by atoms with van der Waals surface area (Å²) in [7, 11) is -4.04. The van der Waals surface area contributed by atoms with Crippen LogP contribution in [-0.2, 0) is 23.0 Å². The van der Waals surface area contributed by atoms with E-state index in [1.54, 1.807) is 12.1 Å². The van der Waals surface area contributed by atoms with Crippen molar-refractivity contribution in [2.24, 2.45) is 0 Å². The van der Waals surface area contributed by atoms with Crippen molar-refractivity contribution >= 4 is 39.7 Å². The van der Waals surface area contributed by atoms with E-state index in [1.165, 1.54) is 11.6 Å². The van der Waals surface area contributed by atoms with Crippen molar-refractivity contribution in [2.45, 2.75) is 30.6 Å². The zero-order chi connectivity index (χ0) is 10.2. The Balaban J connectivity index is 0.00000112. The monoisotopic (exact) mass is 236 g/mol. The molecule has 0 heterocycles. The van der Waals surface area contributed by atoms with Crippen LogP contribution in [0.2, 0.25) is 0 Å². The van der Waals surface area contributed by atoms with Gasteiger partial charge in [0.2, 0.25) is 0 Å². The second-order valence-corrected chi connectivity index (χ2v) is 5.03. The van der Waals surface area contributed by atoms with Gasteiger partial charge < -0.3 is 0 Å². The van der Waals surface area contributed by atoms with Gasteiger partial charge in [0.15, 0.2) is 0 Å². The van der Waals surface area contributed by atoms with Gasteiger partial charge in [-0.05, 0) is 48.9 Å². The van der Waals surface area contributed by atoms with E-state index in [9.17, 15) is 8.42 Å². The molecule has 0 atom stereocenters. The van der Waals surface area contributed by atoms with Gasteiger partial charge in [0, 0.05) is 0 Å². The van der Waals surface area contributed by atoms with Crippen molar-refractivity contribution < 1.29 is 13.0 Å². The molecule has 0 aliphatic heterocycles. The molecular formula is C10H13NaO3S. The summed E-state index contributed by atoms with van der Waals surface area (Å²) in [4.78, 5) is 0.0122. The van der Waals surface area contributed by atoms with Gasteiger partial charge in [0.1, 0.15) is 0 Å². The van der Waals surface area contributed by atoms with Gasteiger partial charge in [-0.1, -0.05) is 6.07 Å². The Morgan fingerprint density at radius 1 is 1.07 bits per heavy atom. The molecule has 78 valence electrons. The SMILES string of the molecule is O=S(=O)(O)c1ccc2c(c1)CCCC2.[NaH]. The topological polar surface area (TPSA) is 54.4 Å². The third kappa shape index (κ3) is 3.04.